The highest BCUT2D eigenvalue weighted by Gasteiger charge is 2.42. The molecular formula is C27H34ClN3O4. The lowest BCUT2D eigenvalue weighted by molar-refractivity contribution is -0.144. The van der Waals surface area contributed by atoms with Crippen LogP contribution in [0.15, 0.2) is 46.6 Å². The van der Waals surface area contributed by atoms with Gasteiger partial charge in [0.2, 0.25) is 0 Å². The van der Waals surface area contributed by atoms with Crippen molar-refractivity contribution in [3.63, 3.8) is 0 Å². The normalized spacial score (nSPS) is 17.8. The summed E-state index contributed by atoms with van der Waals surface area (Å²) < 4.78 is 12.7. The molecule has 7 nitrogen and oxygen atoms in total. The molecule has 0 aliphatic carbocycles. The van der Waals surface area contributed by atoms with Crippen LogP contribution in [0.2, 0.25) is 5.02 Å². The second kappa shape index (κ2) is 12.2. The molecule has 35 heavy (non-hydrogen) atoms. The maximum atomic E-state index is 13.2. The summed E-state index contributed by atoms with van der Waals surface area (Å²) in [6.45, 7) is 8.80. The number of esters is 2. The zero-order valence-electron chi connectivity index (χ0n) is 21.1. The Hall–Kier alpha value is -2.93. The number of carbonyl (C=O) groups is 2. The highest BCUT2D eigenvalue weighted by molar-refractivity contribution is 6.30. The number of hydrogen-bond donors (Lipinski definition) is 0. The van der Waals surface area contributed by atoms with E-state index in [4.69, 9.17) is 21.1 Å². The Morgan fingerprint density at radius 2 is 1.80 bits per heavy atom. The van der Waals surface area contributed by atoms with Crippen LogP contribution in [-0.4, -0.2) is 41.1 Å². The lowest BCUT2D eigenvalue weighted by Crippen LogP contribution is -2.36. The monoisotopic (exact) mass is 499 g/mol. The molecule has 1 aliphatic rings. The van der Waals surface area contributed by atoms with Gasteiger partial charge in [0.15, 0.2) is 0 Å². The Morgan fingerprint density at radius 3 is 2.46 bits per heavy atom. The minimum atomic E-state index is -0.723. The zero-order valence-corrected chi connectivity index (χ0v) is 21.9. The number of halogens is 1. The fourth-order valence-electron chi connectivity index (χ4n) is 4.66. The standard InChI is InChI=1S/C27H34ClN3O4/c1-17-15-18(2)31(30-17)13-8-6-7-9-14-35-27(33)24-20(4)29-19(3)23(26(32)34-5)25(24)21-11-10-12-22(28)16-21/h10-12,15-16,23,25H,6-9,13-14H2,1-5H3. The first kappa shape index (κ1) is 26.7. The predicted octanol–water partition coefficient (Wildman–Crippen LogP) is 5.58. The number of carbonyl (C=O) groups excluding carboxylic acids is 2. The van der Waals surface area contributed by atoms with Crippen LogP contribution in [-0.2, 0) is 25.6 Å². The first-order valence-corrected chi connectivity index (χ1v) is 12.4. The molecule has 2 heterocycles. The third-order valence-electron chi connectivity index (χ3n) is 6.31. The molecule has 2 atom stereocenters. The summed E-state index contributed by atoms with van der Waals surface area (Å²) in [5.41, 5.74) is 4.47. The number of rotatable bonds is 10. The van der Waals surface area contributed by atoms with E-state index in [0.717, 1.165) is 43.5 Å². The van der Waals surface area contributed by atoms with E-state index in [1.807, 2.05) is 17.7 Å². The van der Waals surface area contributed by atoms with E-state index in [9.17, 15) is 9.59 Å². The van der Waals surface area contributed by atoms with E-state index in [2.05, 4.69) is 23.1 Å². The summed E-state index contributed by atoms with van der Waals surface area (Å²) in [5.74, 6) is -2.21. The quantitative estimate of drug-likeness (QED) is 0.315. The van der Waals surface area contributed by atoms with E-state index in [1.54, 1.807) is 32.0 Å². The molecule has 3 rings (SSSR count). The van der Waals surface area contributed by atoms with Crippen LogP contribution < -0.4 is 0 Å². The first-order valence-electron chi connectivity index (χ1n) is 12.0. The van der Waals surface area contributed by atoms with Gasteiger partial charge in [-0.3, -0.25) is 14.5 Å². The van der Waals surface area contributed by atoms with Crippen LogP contribution >= 0.6 is 11.6 Å². The Kier molecular flexibility index (Phi) is 9.26. The SMILES string of the molecule is COC(=O)C1C(C)=NC(C)=C(C(=O)OCCCCCCn2nc(C)cc2C)C1c1cccc(Cl)c1. The van der Waals surface area contributed by atoms with Crippen LogP contribution in [0.5, 0.6) is 0 Å². The van der Waals surface area contributed by atoms with Gasteiger partial charge >= 0.3 is 11.9 Å². The van der Waals surface area contributed by atoms with Crippen LogP contribution in [0.4, 0.5) is 0 Å². The first-order chi connectivity index (χ1) is 16.7. The van der Waals surface area contributed by atoms with E-state index in [1.165, 1.54) is 12.8 Å². The highest BCUT2D eigenvalue weighted by Crippen LogP contribution is 2.40. The van der Waals surface area contributed by atoms with Gasteiger partial charge in [0.05, 0.1) is 25.0 Å². The number of unbranched alkanes of at least 4 members (excludes halogenated alkanes) is 3. The molecule has 2 aromatic rings. The van der Waals surface area contributed by atoms with Gasteiger partial charge in [0.1, 0.15) is 5.92 Å². The summed E-state index contributed by atoms with van der Waals surface area (Å²) in [5, 5.41) is 5.01. The molecule has 1 aliphatic heterocycles. The zero-order chi connectivity index (χ0) is 25.5. The molecule has 0 amide bonds. The van der Waals surface area contributed by atoms with Crippen molar-refractivity contribution in [1.29, 1.82) is 0 Å². The average Bonchev–Trinajstić information content (AvgIpc) is 3.13. The smallest absolute Gasteiger partial charge is 0.336 e. The Labute approximate surface area is 212 Å². The second-order valence-electron chi connectivity index (χ2n) is 8.99. The number of benzene rings is 1. The van der Waals surface area contributed by atoms with Crippen molar-refractivity contribution < 1.29 is 19.1 Å². The maximum Gasteiger partial charge on any atom is 0.336 e. The van der Waals surface area contributed by atoms with Gasteiger partial charge < -0.3 is 9.47 Å². The van der Waals surface area contributed by atoms with Gasteiger partial charge in [-0.05, 0) is 70.7 Å². The Bertz CT molecular complexity index is 1140. The minimum Gasteiger partial charge on any atom is -0.468 e. The molecular weight excluding hydrogens is 466 g/mol. The summed E-state index contributed by atoms with van der Waals surface area (Å²) in [6, 6.07) is 9.26. The number of methoxy groups -OCH3 is 1. The minimum absolute atomic E-state index is 0.309. The maximum absolute atomic E-state index is 13.2. The van der Waals surface area contributed by atoms with Crippen LogP contribution in [0.3, 0.4) is 0 Å². The van der Waals surface area contributed by atoms with Gasteiger partial charge in [-0.2, -0.15) is 5.10 Å². The van der Waals surface area contributed by atoms with Gasteiger partial charge in [0.25, 0.3) is 0 Å². The fraction of sp³-hybridized carbons (Fsp3) is 0.481. The number of hydrogen-bond acceptors (Lipinski definition) is 6. The fourth-order valence-corrected chi connectivity index (χ4v) is 4.85. The van der Waals surface area contributed by atoms with E-state index < -0.39 is 23.8 Å². The molecule has 2 unspecified atom stereocenters. The van der Waals surface area contributed by atoms with Gasteiger partial charge in [0, 0.05) is 34.6 Å². The molecule has 0 spiro atoms. The lowest BCUT2D eigenvalue weighted by atomic mass is 9.75. The molecule has 0 saturated heterocycles. The Morgan fingerprint density at radius 1 is 1.06 bits per heavy atom. The Balaban J connectivity index is 1.63. The van der Waals surface area contributed by atoms with Gasteiger partial charge in [-0.25, -0.2) is 4.79 Å². The van der Waals surface area contributed by atoms with Crippen molar-refractivity contribution in [1.82, 2.24) is 9.78 Å². The molecule has 0 fully saturated rings. The molecule has 1 aromatic carbocycles. The molecule has 0 bridgehead atoms. The summed E-state index contributed by atoms with van der Waals surface area (Å²) in [4.78, 5) is 30.4. The number of aryl methyl sites for hydroxylation is 3. The second-order valence-corrected chi connectivity index (χ2v) is 9.42. The summed E-state index contributed by atoms with van der Waals surface area (Å²) >= 11 is 6.23. The molecule has 1 aromatic heterocycles. The van der Waals surface area contributed by atoms with Crippen LogP contribution in [0.1, 0.15) is 62.4 Å². The van der Waals surface area contributed by atoms with E-state index in [0.29, 0.717) is 28.6 Å². The van der Waals surface area contributed by atoms with E-state index >= 15 is 0 Å². The number of nitrogens with zero attached hydrogens (tertiary/aromatic N) is 3. The van der Waals surface area contributed by atoms with Gasteiger partial charge in [-0.15, -0.1) is 0 Å². The van der Waals surface area contributed by atoms with Crippen molar-refractivity contribution in [3.8, 4) is 0 Å². The highest BCUT2D eigenvalue weighted by atomic mass is 35.5. The number of aliphatic imine (C=N–C) groups is 1. The lowest BCUT2D eigenvalue weighted by Gasteiger charge is -2.31. The van der Waals surface area contributed by atoms with E-state index in [-0.39, 0.29) is 0 Å². The molecule has 188 valence electrons. The number of aromatic nitrogens is 2. The van der Waals surface area contributed by atoms with Crippen molar-refractivity contribution in [2.24, 2.45) is 10.9 Å². The predicted molar refractivity (Wildman–Crippen MR) is 137 cm³/mol. The number of allylic oxidation sites excluding steroid dienone is 1. The van der Waals surface area contributed by atoms with Crippen molar-refractivity contribution in [3.05, 3.63) is 63.6 Å². The third kappa shape index (κ3) is 6.60. The third-order valence-corrected chi connectivity index (χ3v) is 6.55. The average molecular weight is 500 g/mol. The van der Waals surface area contributed by atoms with Crippen molar-refractivity contribution in [2.75, 3.05) is 13.7 Å². The molecule has 0 radical (unpaired) electrons. The van der Waals surface area contributed by atoms with Crippen LogP contribution in [0.25, 0.3) is 0 Å². The largest absolute Gasteiger partial charge is 0.468 e. The molecule has 8 heteroatoms. The van der Waals surface area contributed by atoms with Crippen molar-refractivity contribution >= 4 is 29.3 Å². The van der Waals surface area contributed by atoms with Crippen molar-refractivity contribution in [2.45, 2.75) is 65.8 Å². The number of ether oxygens (including phenoxy) is 2. The molecule has 0 saturated carbocycles. The summed E-state index contributed by atoms with van der Waals surface area (Å²) in [6.07, 6.45) is 3.76. The molecule has 0 N–H and O–H groups in total. The van der Waals surface area contributed by atoms with Crippen LogP contribution in [0, 0.1) is 19.8 Å². The van der Waals surface area contributed by atoms with Gasteiger partial charge in [-0.1, -0.05) is 30.2 Å². The summed E-state index contributed by atoms with van der Waals surface area (Å²) in [7, 11) is 1.34. The topological polar surface area (TPSA) is 82.8 Å².